The summed E-state index contributed by atoms with van der Waals surface area (Å²) in [5.74, 6) is -0.870. The van der Waals surface area contributed by atoms with Gasteiger partial charge < -0.3 is 15.0 Å². The number of nitrogens with one attached hydrogen (secondary N) is 1. The van der Waals surface area contributed by atoms with Crippen molar-refractivity contribution in [3.63, 3.8) is 0 Å². The molecule has 3 rings (SSSR count). The van der Waals surface area contributed by atoms with Crippen LogP contribution in [0.4, 0.5) is 0 Å². The standard InChI is InChI=1S/C15H18N2O2/c1-17-12(9-16-11-5-3-6-11)8-10-4-2-7-13(14(10)17)15(18)19/h2,4,7-8,11,16H,3,5-6,9H2,1H3,(H,18,19). The summed E-state index contributed by atoms with van der Waals surface area (Å²) in [5, 5.41) is 13.8. The summed E-state index contributed by atoms with van der Waals surface area (Å²) in [4.78, 5) is 11.3. The monoisotopic (exact) mass is 258 g/mol. The highest BCUT2D eigenvalue weighted by molar-refractivity contribution is 6.02. The van der Waals surface area contributed by atoms with Crippen molar-refractivity contribution in [3.05, 3.63) is 35.5 Å². The number of carbonyl (C=O) groups is 1. The van der Waals surface area contributed by atoms with E-state index < -0.39 is 5.97 Å². The number of aryl methyl sites for hydroxylation is 1. The van der Waals surface area contributed by atoms with Crippen molar-refractivity contribution >= 4 is 16.9 Å². The molecule has 2 N–H and O–H groups in total. The smallest absolute Gasteiger partial charge is 0.337 e. The van der Waals surface area contributed by atoms with Gasteiger partial charge in [-0.2, -0.15) is 0 Å². The van der Waals surface area contributed by atoms with E-state index in [0.29, 0.717) is 11.6 Å². The van der Waals surface area contributed by atoms with Gasteiger partial charge in [-0.05, 0) is 25.0 Å². The summed E-state index contributed by atoms with van der Waals surface area (Å²) in [7, 11) is 1.94. The molecule has 0 unspecified atom stereocenters. The minimum Gasteiger partial charge on any atom is -0.478 e. The fraction of sp³-hybridized carbons (Fsp3) is 0.400. The third kappa shape index (κ3) is 2.12. The maximum absolute atomic E-state index is 11.3. The molecule has 100 valence electrons. The average Bonchev–Trinajstić information content (AvgIpc) is 2.64. The number of aromatic carboxylic acids is 1. The van der Waals surface area contributed by atoms with E-state index in [1.807, 2.05) is 17.7 Å². The van der Waals surface area contributed by atoms with Gasteiger partial charge in [-0.25, -0.2) is 4.79 Å². The Kier molecular flexibility index (Phi) is 3.03. The second-order valence-corrected chi connectivity index (χ2v) is 5.25. The largest absolute Gasteiger partial charge is 0.478 e. The highest BCUT2D eigenvalue weighted by Gasteiger charge is 2.18. The molecule has 0 saturated heterocycles. The number of benzene rings is 1. The van der Waals surface area contributed by atoms with Crippen LogP contribution in [0.5, 0.6) is 0 Å². The van der Waals surface area contributed by atoms with Gasteiger partial charge in [0.1, 0.15) is 0 Å². The van der Waals surface area contributed by atoms with Gasteiger partial charge >= 0.3 is 5.97 Å². The number of carboxylic acids is 1. The van der Waals surface area contributed by atoms with E-state index in [1.165, 1.54) is 19.3 Å². The van der Waals surface area contributed by atoms with Gasteiger partial charge in [0.2, 0.25) is 0 Å². The van der Waals surface area contributed by atoms with E-state index in [4.69, 9.17) is 0 Å². The number of aromatic nitrogens is 1. The van der Waals surface area contributed by atoms with Crippen LogP contribution in [0.2, 0.25) is 0 Å². The van der Waals surface area contributed by atoms with Crippen molar-refractivity contribution < 1.29 is 9.90 Å². The molecule has 4 heteroatoms. The Labute approximate surface area is 112 Å². The van der Waals surface area contributed by atoms with E-state index >= 15 is 0 Å². The normalized spacial score (nSPS) is 15.6. The van der Waals surface area contributed by atoms with Crippen molar-refractivity contribution in [2.45, 2.75) is 31.8 Å². The van der Waals surface area contributed by atoms with Gasteiger partial charge in [-0.1, -0.05) is 18.6 Å². The summed E-state index contributed by atoms with van der Waals surface area (Å²) in [6.45, 7) is 0.801. The quantitative estimate of drug-likeness (QED) is 0.886. The topological polar surface area (TPSA) is 54.3 Å². The first-order chi connectivity index (χ1) is 9.16. The molecule has 1 heterocycles. The van der Waals surface area contributed by atoms with Crippen molar-refractivity contribution in [1.29, 1.82) is 0 Å². The van der Waals surface area contributed by atoms with Crippen molar-refractivity contribution in [2.24, 2.45) is 7.05 Å². The number of nitrogens with zero attached hydrogens (tertiary/aromatic N) is 1. The molecule has 0 atom stereocenters. The highest BCUT2D eigenvalue weighted by atomic mass is 16.4. The maximum Gasteiger partial charge on any atom is 0.337 e. The van der Waals surface area contributed by atoms with Crippen LogP contribution in [0, 0.1) is 0 Å². The van der Waals surface area contributed by atoms with Gasteiger partial charge in [0.05, 0.1) is 11.1 Å². The molecule has 2 aromatic rings. The van der Waals surface area contributed by atoms with Crippen molar-refractivity contribution in [3.8, 4) is 0 Å². The zero-order chi connectivity index (χ0) is 13.4. The first kappa shape index (κ1) is 12.2. The van der Waals surface area contributed by atoms with Crippen LogP contribution >= 0.6 is 0 Å². The van der Waals surface area contributed by atoms with Crippen LogP contribution in [-0.4, -0.2) is 21.7 Å². The lowest BCUT2D eigenvalue weighted by Gasteiger charge is -2.26. The Morgan fingerprint density at radius 2 is 2.26 bits per heavy atom. The number of rotatable bonds is 4. The molecule has 1 fully saturated rings. The summed E-state index contributed by atoms with van der Waals surface area (Å²) in [6, 6.07) is 8.14. The minimum absolute atomic E-state index is 0.370. The second-order valence-electron chi connectivity index (χ2n) is 5.25. The first-order valence-corrected chi connectivity index (χ1v) is 6.71. The van der Waals surface area contributed by atoms with E-state index in [2.05, 4.69) is 11.4 Å². The summed E-state index contributed by atoms with van der Waals surface area (Å²) < 4.78 is 1.99. The molecule has 0 spiro atoms. The SMILES string of the molecule is Cn1c(CNC2CCC2)cc2cccc(C(=O)O)c21. The highest BCUT2D eigenvalue weighted by Crippen LogP contribution is 2.24. The molecule has 0 radical (unpaired) electrons. The average molecular weight is 258 g/mol. The van der Waals surface area contributed by atoms with Crippen LogP contribution in [0.25, 0.3) is 10.9 Å². The number of hydrogen-bond acceptors (Lipinski definition) is 2. The summed E-state index contributed by atoms with van der Waals surface area (Å²) in [6.07, 6.45) is 3.82. The zero-order valence-corrected chi connectivity index (χ0v) is 11.0. The van der Waals surface area contributed by atoms with Gasteiger partial charge in [-0.15, -0.1) is 0 Å². The summed E-state index contributed by atoms with van der Waals surface area (Å²) in [5.41, 5.74) is 2.31. The van der Waals surface area contributed by atoms with E-state index in [1.54, 1.807) is 12.1 Å². The third-order valence-electron chi connectivity index (χ3n) is 4.06. The van der Waals surface area contributed by atoms with Gasteiger partial charge in [0.25, 0.3) is 0 Å². The fourth-order valence-corrected chi connectivity index (χ4v) is 2.68. The van der Waals surface area contributed by atoms with E-state index in [0.717, 1.165) is 23.1 Å². The first-order valence-electron chi connectivity index (χ1n) is 6.71. The molecule has 1 aromatic carbocycles. The molecule has 1 aliphatic rings. The Balaban J connectivity index is 1.95. The lowest BCUT2D eigenvalue weighted by Crippen LogP contribution is -2.34. The number of fused-ring (bicyclic) bond motifs is 1. The maximum atomic E-state index is 11.3. The molecular weight excluding hydrogens is 240 g/mol. The van der Waals surface area contributed by atoms with Crippen LogP contribution in [-0.2, 0) is 13.6 Å². The second kappa shape index (κ2) is 4.70. The Morgan fingerprint density at radius 3 is 2.89 bits per heavy atom. The lowest BCUT2D eigenvalue weighted by atomic mass is 9.93. The molecular formula is C15H18N2O2. The number of hydrogen-bond donors (Lipinski definition) is 2. The Morgan fingerprint density at radius 1 is 1.47 bits per heavy atom. The van der Waals surface area contributed by atoms with E-state index in [9.17, 15) is 9.90 Å². The molecule has 1 saturated carbocycles. The molecule has 1 aliphatic carbocycles. The molecule has 4 nitrogen and oxygen atoms in total. The fourth-order valence-electron chi connectivity index (χ4n) is 2.68. The zero-order valence-electron chi connectivity index (χ0n) is 11.0. The summed E-state index contributed by atoms with van der Waals surface area (Å²) >= 11 is 0. The van der Waals surface area contributed by atoms with Gasteiger partial charge in [0, 0.05) is 30.7 Å². The van der Waals surface area contributed by atoms with Gasteiger partial charge in [0.15, 0.2) is 0 Å². The lowest BCUT2D eigenvalue weighted by molar-refractivity contribution is 0.0698. The predicted molar refractivity (Wildman–Crippen MR) is 74.4 cm³/mol. The molecule has 1 aromatic heterocycles. The molecule has 0 amide bonds. The third-order valence-corrected chi connectivity index (χ3v) is 4.06. The minimum atomic E-state index is -0.870. The van der Waals surface area contributed by atoms with Crippen molar-refractivity contribution in [1.82, 2.24) is 9.88 Å². The van der Waals surface area contributed by atoms with Crippen LogP contribution < -0.4 is 5.32 Å². The molecule has 0 aliphatic heterocycles. The van der Waals surface area contributed by atoms with Gasteiger partial charge in [-0.3, -0.25) is 0 Å². The predicted octanol–water partition coefficient (Wildman–Crippen LogP) is 2.52. The van der Waals surface area contributed by atoms with Crippen LogP contribution in [0.15, 0.2) is 24.3 Å². The Bertz CT molecular complexity index is 626. The van der Waals surface area contributed by atoms with Crippen molar-refractivity contribution in [2.75, 3.05) is 0 Å². The Hall–Kier alpha value is -1.81. The molecule has 19 heavy (non-hydrogen) atoms. The molecule has 0 bridgehead atoms. The van der Waals surface area contributed by atoms with Crippen LogP contribution in [0.1, 0.15) is 35.3 Å². The van der Waals surface area contributed by atoms with Crippen LogP contribution in [0.3, 0.4) is 0 Å². The number of carboxylic acid groups (broad SMARTS) is 1. The van der Waals surface area contributed by atoms with E-state index in [-0.39, 0.29) is 0 Å². The number of para-hydroxylation sites is 1.